The number of ketones is 1. The lowest BCUT2D eigenvalue weighted by Crippen LogP contribution is -2.22. The molecular weight excluding hydrogens is 464 g/mol. The molecule has 3 aromatic carbocycles. The molecule has 3 aromatic rings. The second-order valence-corrected chi connectivity index (χ2v) is 8.25. The number of methoxy groups -OCH3 is 3. The monoisotopic (exact) mass is 486 g/mol. The SMILES string of the molecule is COC(=O)c1ccc(/C=C2\Oc3c(ccc4c3C(c3ccc(OC)cc3OC)CC(=O)O4)C2=O)cc1. The summed E-state index contributed by atoms with van der Waals surface area (Å²) in [7, 11) is 4.42. The van der Waals surface area contributed by atoms with Crippen molar-refractivity contribution in [3.63, 3.8) is 0 Å². The van der Waals surface area contributed by atoms with Crippen molar-refractivity contribution in [3.05, 3.63) is 88.2 Å². The lowest BCUT2D eigenvalue weighted by atomic mass is 9.84. The maximum absolute atomic E-state index is 13.2. The van der Waals surface area contributed by atoms with E-state index in [1.807, 2.05) is 6.07 Å². The fourth-order valence-electron chi connectivity index (χ4n) is 4.46. The zero-order chi connectivity index (χ0) is 25.4. The highest BCUT2D eigenvalue weighted by Crippen LogP contribution is 2.50. The third-order valence-corrected chi connectivity index (χ3v) is 6.23. The van der Waals surface area contributed by atoms with E-state index in [0.717, 1.165) is 5.56 Å². The lowest BCUT2D eigenvalue weighted by molar-refractivity contribution is -0.135. The Bertz CT molecular complexity index is 1420. The molecule has 2 aliphatic rings. The van der Waals surface area contributed by atoms with Crippen LogP contribution in [0.2, 0.25) is 0 Å². The van der Waals surface area contributed by atoms with Crippen LogP contribution in [-0.4, -0.2) is 39.1 Å². The van der Waals surface area contributed by atoms with E-state index in [1.54, 1.807) is 68.8 Å². The number of allylic oxidation sites excluding steroid dienone is 1. The molecule has 0 saturated carbocycles. The molecule has 2 heterocycles. The summed E-state index contributed by atoms with van der Waals surface area (Å²) >= 11 is 0. The second kappa shape index (κ2) is 9.22. The smallest absolute Gasteiger partial charge is 0.337 e. The number of esters is 2. The van der Waals surface area contributed by atoms with Crippen LogP contribution in [0.3, 0.4) is 0 Å². The summed E-state index contributed by atoms with van der Waals surface area (Å²) in [5, 5.41) is 0. The van der Waals surface area contributed by atoms with E-state index in [0.29, 0.717) is 45.3 Å². The highest BCUT2D eigenvalue weighted by molar-refractivity contribution is 6.15. The van der Waals surface area contributed by atoms with Crippen LogP contribution in [-0.2, 0) is 9.53 Å². The molecule has 1 unspecified atom stereocenters. The number of carbonyl (C=O) groups excluding carboxylic acids is 3. The van der Waals surface area contributed by atoms with E-state index in [4.69, 9.17) is 23.7 Å². The van der Waals surface area contributed by atoms with Gasteiger partial charge in [-0.1, -0.05) is 18.2 Å². The predicted molar refractivity (Wildman–Crippen MR) is 129 cm³/mol. The molecule has 0 spiro atoms. The molecule has 182 valence electrons. The van der Waals surface area contributed by atoms with Crippen molar-refractivity contribution in [3.8, 4) is 23.0 Å². The fourth-order valence-corrected chi connectivity index (χ4v) is 4.46. The van der Waals surface area contributed by atoms with Gasteiger partial charge in [0.15, 0.2) is 5.76 Å². The molecule has 0 saturated heterocycles. The third kappa shape index (κ3) is 3.96. The summed E-state index contributed by atoms with van der Waals surface area (Å²) in [5.41, 5.74) is 2.80. The highest BCUT2D eigenvalue weighted by atomic mass is 16.5. The van der Waals surface area contributed by atoms with E-state index in [1.165, 1.54) is 7.11 Å². The summed E-state index contributed by atoms with van der Waals surface area (Å²) in [4.78, 5) is 37.4. The molecule has 0 aliphatic carbocycles. The van der Waals surface area contributed by atoms with E-state index >= 15 is 0 Å². The van der Waals surface area contributed by atoms with Crippen molar-refractivity contribution >= 4 is 23.8 Å². The largest absolute Gasteiger partial charge is 0.497 e. The minimum Gasteiger partial charge on any atom is -0.497 e. The number of hydrogen-bond acceptors (Lipinski definition) is 8. The van der Waals surface area contributed by atoms with E-state index in [9.17, 15) is 14.4 Å². The van der Waals surface area contributed by atoms with E-state index in [-0.39, 0.29) is 18.0 Å². The summed E-state index contributed by atoms with van der Waals surface area (Å²) in [6.07, 6.45) is 1.66. The second-order valence-electron chi connectivity index (χ2n) is 8.25. The first kappa shape index (κ1) is 23.2. The lowest BCUT2D eigenvalue weighted by Gasteiger charge is -2.27. The van der Waals surface area contributed by atoms with Crippen LogP contribution in [0, 0.1) is 0 Å². The molecule has 0 amide bonds. The number of carbonyl (C=O) groups is 3. The normalized spacial score (nSPS) is 17.1. The first-order valence-corrected chi connectivity index (χ1v) is 11.2. The average molecular weight is 486 g/mol. The molecule has 1 atom stereocenters. The Hall–Kier alpha value is -4.59. The molecule has 5 rings (SSSR count). The predicted octanol–water partition coefficient (Wildman–Crippen LogP) is 4.55. The summed E-state index contributed by atoms with van der Waals surface area (Å²) < 4.78 is 27.2. The van der Waals surface area contributed by atoms with Crippen molar-refractivity contribution in [2.45, 2.75) is 12.3 Å². The summed E-state index contributed by atoms with van der Waals surface area (Å²) in [6, 6.07) is 15.2. The van der Waals surface area contributed by atoms with Crippen molar-refractivity contribution in [1.29, 1.82) is 0 Å². The molecule has 2 aliphatic heterocycles. The first-order valence-electron chi connectivity index (χ1n) is 11.2. The van der Waals surface area contributed by atoms with Crippen LogP contribution < -0.4 is 18.9 Å². The van der Waals surface area contributed by atoms with Crippen molar-refractivity contribution < 1.29 is 38.1 Å². The summed E-state index contributed by atoms with van der Waals surface area (Å²) in [5.74, 6) is 0.389. The molecular formula is C28H22O8. The van der Waals surface area contributed by atoms with Crippen LogP contribution in [0.1, 0.15) is 49.7 Å². The van der Waals surface area contributed by atoms with Crippen LogP contribution in [0.5, 0.6) is 23.0 Å². The number of fused-ring (bicyclic) bond motifs is 3. The summed E-state index contributed by atoms with van der Waals surface area (Å²) in [6.45, 7) is 0. The van der Waals surface area contributed by atoms with Crippen LogP contribution in [0.4, 0.5) is 0 Å². The Kier molecular flexibility index (Phi) is 5.93. The number of benzene rings is 3. The Labute approximate surface area is 207 Å². The minimum absolute atomic E-state index is 0.0533. The molecule has 8 nitrogen and oxygen atoms in total. The van der Waals surface area contributed by atoms with Gasteiger partial charge in [-0.15, -0.1) is 0 Å². The van der Waals surface area contributed by atoms with Gasteiger partial charge in [-0.2, -0.15) is 0 Å². The zero-order valence-electron chi connectivity index (χ0n) is 19.8. The van der Waals surface area contributed by atoms with Crippen LogP contribution in [0.15, 0.2) is 60.4 Å². The number of ether oxygens (including phenoxy) is 5. The van der Waals surface area contributed by atoms with Gasteiger partial charge in [0.1, 0.15) is 23.0 Å². The van der Waals surface area contributed by atoms with Gasteiger partial charge < -0.3 is 23.7 Å². The van der Waals surface area contributed by atoms with Crippen LogP contribution >= 0.6 is 0 Å². The number of rotatable bonds is 5. The van der Waals surface area contributed by atoms with Gasteiger partial charge in [0.05, 0.1) is 38.9 Å². The Morgan fingerprint density at radius 2 is 1.72 bits per heavy atom. The third-order valence-electron chi connectivity index (χ3n) is 6.23. The number of hydrogen-bond donors (Lipinski definition) is 0. The molecule has 8 heteroatoms. The Morgan fingerprint density at radius 3 is 2.42 bits per heavy atom. The van der Waals surface area contributed by atoms with Gasteiger partial charge in [0.25, 0.3) is 0 Å². The quantitative estimate of drug-likeness (QED) is 0.294. The van der Waals surface area contributed by atoms with E-state index < -0.39 is 17.9 Å². The van der Waals surface area contributed by atoms with Gasteiger partial charge in [-0.25, -0.2) is 4.79 Å². The molecule has 0 N–H and O–H groups in total. The Balaban J connectivity index is 1.56. The van der Waals surface area contributed by atoms with Gasteiger partial charge in [0.2, 0.25) is 5.78 Å². The molecule has 0 fully saturated rings. The van der Waals surface area contributed by atoms with E-state index in [2.05, 4.69) is 0 Å². The topological polar surface area (TPSA) is 97.4 Å². The average Bonchev–Trinajstić information content (AvgIpc) is 3.22. The minimum atomic E-state index is -0.455. The maximum Gasteiger partial charge on any atom is 0.337 e. The molecule has 0 radical (unpaired) electrons. The first-order chi connectivity index (χ1) is 17.4. The zero-order valence-corrected chi connectivity index (χ0v) is 19.8. The highest BCUT2D eigenvalue weighted by Gasteiger charge is 2.39. The fraction of sp³-hybridized carbons (Fsp3) is 0.179. The van der Waals surface area contributed by atoms with Gasteiger partial charge in [0, 0.05) is 23.1 Å². The van der Waals surface area contributed by atoms with Crippen LogP contribution in [0.25, 0.3) is 6.08 Å². The van der Waals surface area contributed by atoms with Crippen molar-refractivity contribution in [2.75, 3.05) is 21.3 Å². The van der Waals surface area contributed by atoms with Gasteiger partial charge in [-0.3, -0.25) is 9.59 Å². The Morgan fingerprint density at radius 1 is 0.944 bits per heavy atom. The molecule has 36 heavy (non-hydrogen) atoms. The van der Waals surface area contributed by atoms with Crippen molar-refractivity contribution in [2.24, 2.45) is 0 Å². The molecule has 0 bridgehead atoms. The molecule has 0 aromatic heterocycles. The standard InChI is InChI=1S/C28H22O8/c1-32-17-8-9-18(22(13-17)33-2)20-14-24(29)35-21-11-10-19-26(30)23(36-27(19)25(20)21)12-15-4-6-16(7-5-15)28(31)34-3/h4-13,20H,14H2,1-3H3/b23-12-. The van der Waals surface area contributed by atoms with Crippen molar-refractivity contribution in [1.82, 2.24) is 0 Å². The van der Waals surface area contributed by atoms with Gasteiger partial charge in [-0.05, 0) is 42.0 Å². The van der Waals surface area contributed by atoms with Gasteiger partial charge >= 0.3 is 11.9 Å². The number of Topliss-reactive ketones (excluding diaryl/α,β-unsaturated/α-hetero) is 1. The maximum atomic E-state index is 13.2.